The lowest BCUT2D eigenvalue weighted by Crippen LogP contribution is -2.19. The van der Waals surface area contributed by atoms with Crippen LogP contribution in [0.1, 0.15) is 34.1 Å². The van der Waals surface area contributed by atoms with Crippen LogP contribution >= 0.6 is 0 Å². The Balaban J connectivity index is 4.28. The highest BCUT2D eigenvalue weighted by Gasteiger charge is 2.17. The zero-order chi connectivity index (χ0) is 10.4. The Hall–Kier alpha value is -0.580. The first-order chi connectivity index (χ1) is 5.99. The van der Waals surface area contributed by atoms with Crippen LogP contribution in [-0.2, 0) is 15.5 Å². The lowest BCUT2D eigenvalue weighted by atomic mass is 10.2. The van der Waals surface area contributed by atoms with Gasteiger partial charge in [-0.25, -0.2) is 8.42 Å². The van der Waals surface area contributed by atoms with Crippen molar-refractivity contribution < 1.29 is 13.3 Å². The lowest BCUT2D eigenvalue weighted by Gasteiger charge is -2.12. The molecule has 4 nitrogen and oxygen atoms in total. The summed E-state index contributed by atoms with van der Waals surface area (Å²) >= 11 is 0. The minimum absolute atomic E-state index is 0.0745. The summed E-state index contributed by atoms with van der Waals surface area (Å²) in [6.45, 7) is 7.30. The molecule has 0 saturated heterocycles. The molecule has 0 fully saturated rings. The van der Waals surface area contributed by atoms with Crippen molar-refractivity contribution in [3.63, 3.8) is 0 Å². The molecule has 13 heavy (non-hydrogen) atoms. The Morgan fingerprint density at radius 1 is 1.46 bits per heavy atom. The van der Waals surface area contributed by atoms with E-state index >= 15 is 0 Å². The molecule has 0 aliphatic carbocycles. The molecule has 0 heterocycles. The van der Waals surface area contributed by atoms with Gasteiger partial charge in [-0.1, -0.05) is 25.9 Å². The van der Waals surface area contributed by atoms with Gasteiger partial charge in [0, 0.05) is 5.92 Å². The maximum atomic E-state index is 10.7. The van der Waals surface area contributed by atoms with Crippen LogP contribution in [0.4, 0.5) is 0 Å². The van der Waals surface area contributed by atoms with Crippen molar-refractivity contribution in [1.29, 1.82) is 0 Å². The fraction of sp³-hybridized carbons (Fsp3) is 0.875. The van der Waals surface area contributed by atoms with Gasteiger partial charge in [-0.3, -0.25) is 0 Å². The first kappa shape index (κ1) is 12.4. The molecule has 0 spiro atoms. The molecule has 1 atom stereocenters. The molecule has 0 rings (SSSR count). The maximum absolute atomic E-state index is 10.7. The second kappa shape index (κ2) is 5.96. The van der Waals surface area contributed by atoms with E-state index in [9.17, 15) is 8.42 Å². The van der Waals surface area contributed by atoms with Gasteiger partial charge in [0.05, 0.1) is 5.71 Å². The summed E-state index contributed by atoms with van der Waals surface area (Å²) in [6, 6.07) is 0. The third kappa shape index (κ3) is 4.87. The van der Waals surface area contributed by atoms with E-state index < -0.39 is 16.1 Å². The molecule has 0 amide bonds. The molecular formula is C8H17NO3S. The number of nitrogens with zero attached hydrogens (tertiary/aromatic N) is 1. The Kier molecular flexibility index (Phi) is 5.70. The maximum Gasteiger partial charge on any atom is 0.226 e. The average Bonchev–Trinajstić information content (AvgIpc) is 2.03. The van der Waals surface area contributed by atoms with E-state index in [4.69, 9.17) is 4.84 Å². The van der Waals surface area contributed by atoms with Crippen LogP contribution in [0.2, 0.25) is 0 Å². The molecule has 0 aliphatic heterocycles. The summed E-state index contributed by atoms with van der Waals surface area (Å²) in [4.78, 5) is 4.91. The standard InChI is InChI=1S/C8H17NO3S/c1-5-7(4)9-12-8(6(2)3)13(10)11/h6,8,13H,5H2,1-4H3. The second-order valence-electron chi connectivity index (χ2n) is 3.21. The number of hydrogen-bond acceptors (Lipinski definition) is 4. The zero-order valence-corrected chi connectivity index (χ0v) is 9.38. The molecule has 1 unspecified atom stereocenters. The molecule has 0 aromatic rings. The van der Waals surface area contributed by atoms with Crippen molar-refractivity contribution in [3.05, 3.63) is 0 Å². The van der Waals surface area contributed by atoms with Crippen LogP contribution in [-0.4, -0.2) is 19.6 Å². The highest BCUT2D eigenvalue weighted by atomic mass is 32.2. The van der Waals surface area contributed by atoms with E-state index in [1.165, 1.54) is 0 Å². The van der Waals surface area contributed by atoms with Gasteiger partial charge in [-0.2, -0.15) is 0 Å². The molecule has 0 aromatic heterocycles. The topological polar surface area (TPSA) is 55.7 Å². The molecule has 0 saturated carbocycles. The minimum atomic E-state index is -2.57. The number of oxime groups is 1. The second-order valence-corrected chi connectivity index (χ2v) is 4.29. The van der Waals surface area contributed by atoms with Gasteiger partial charge in [-0.05, 0) is 13.3 Å². The Bertz CT molecular complexity index is 238. The average molecular weight is 207 g/mol. The van der Waals surface area contributed by atoms with E-state index in [1.807, 2.05) is 6.92 Å². The third-order valence-corrected chi connectivity index (χ3v) is 2.71. The zero-order valence-electron chi connectivity index (χ0n) is 8.48. The molecule has 0 bridgehead atoms. The highest BCUT2D eigenvalue weighted by Crippen LogP contribution is 2.07. The van der Waals surface area contributed by atoms with Gasteiger partial charge in [0.25, 0.3) is 0 Å². The van der Waals surface area contributed by atoms with E-state index in [0.29, 0.717) is 0 Å². The van der Waals surface area contributed by atoms with Crippen molar-refractivity contribution in [2.45, 2.75) is 39.6 Å². The quantitative estimate of drug-likeness (QED) is 0.421. The van der Waals surface area contributed by atoms with E-state index in [-0.39, 0.29) is 5.92 Å². The van der Waals surface area contributed by atoms with Crippen molar-refractivity contribution in [2.24, 2.45) is 11.1 Å². The Morgan fingerprint density at radius 3 is 2.31 bits per heavy atom. The van der Waals surface area contributed by atoms with Crippen LogP contribution < -0.4 is 0 Å². The summed E-state index contributed by atoms with van der Waals surface area (Å²) in [5.74, 6) is -0.0745. The fourth-order valence-electron chi connectivity index (χ4n) is 0.612. The van der Waals surface area contributed by atoms with Crippen molar-refractivity contribution >= 4 is 16.4 Å². The molecular weight excluding hydrogens is 190 g/mol. The highest BCUT2D eigenvalue weighted by molar-refractivity contribution is 7.73. The number of hydrogen-bond donors (Lipinski definition) is 1. The summed E-state index contributed by atoms with van der Waals surface area (Å²) in [5.41, 5.74) is -0.0148. The number of rotatable bonds is 5. The monoisotopic (exact) mass is 207 g/mol. The predicted molar refractivity (Wildman–Crippen MR) is 53.4 cm³/mol. The summed E-state index contributed by atoms with van der Waals surface area (Å²) in [7, 11) is -2.57. The van der Waals surface area contributed by atoms with Crippen molar-refractivity contribution in [1.82, 2.24) is 0 Å². The van der Waals surface area contributed by atoms with Crippen molar-refractivity contribution in [2.75, 3.05) is 0 Å². The van der Waals surface area contributed by atoms with Gasteiger partial charge in [-0.15, -0.1) is 0 Å². The smallest absolute Gasteiger partial charge is 0.226 e. The molecule has 0 aliphatic rings. The van der Waals surface area contributed by atoms with E-state index in [1.54, 1.807) is 20.8 Å². The van der Waals surface area contributed by atoms with Crippen LogP contribution in [0, 0.1) is 5.92 Å². The predicted octanol–water partition coefficient (Wildman–Crippen LogP) is 1.38. The van der Waals surface area contributed by atoms with Crippen LogP contribution in [0.25, 0.3) is 0 Å². The van der Waals surface area contributed by atoms with Crippen LogP contribution in [0.5, 0.6) is 0 Å². The first-order valence-electron chi connectivity index (χ1n) is 4.31. The molecule has 5 heteroatoms. The van der Waals surface area contributed by atoms with Gasteiger partial charge in [0.1, 0.15) is 0 Å². The van der Waals surface area contributed by atoms with Gasteiger partial charge < -0.3 is 4.84 Å². The third-order valence-electron chi connectivity index (χ3n) is 1.61. The molecule has 0 N–H and O–H groups in total. The van der Waals surface area contributed by atoms with E-state index in [0.717, 1.165) is 12.1 Å². The van der Waals surface area contributed by atoms with Gasteiger partial charge in [0.15, 0.2) is 10.7 Å². The SMILES string of the molecule is CCC(C)=NOC(C(C)C)[SH](=O)=O. The van der Waals surface area contributed by atoms with Crippen LogP contribution in [0.15, 0.2) is 5.16 Å². The normalized spacial score (nSPS) is 15.1. The molecule has 78 valence electrons. The number of thiol groups is 1. The van der Waals surface area contributed by atoms with Crippen molar-refractivity contribution in [3.8, 4) is 0 Å². The van der Waals surface area contributed by atoms with Crippen LogP contribution in [0.3, 0.4) is 0 Å². The Morgan fingerprint density at radius 2 is 2.00 bits per heavy atom. The fourth-order valence-corrected chi connectivity index (χ4v) is 1.22. The Labute approximate surface area is 80.9 Å². The first-order valence-corrected chi connectivity index (χ1v) is 5.56. The largest absolute Gasteiger partial charge is 0.376 e. The molecule has 0 aromatic carbocycles. The summed E-state index contributed by atoms with van der Waals surface area (Å²) in [5, 5.41) is 3.72. The summed E-state index contributed by atoms with van der Waals surface area (Å²) < 4.78 is 21.4. The lowest BCUT2D eigenvalue weighted by molar-refractivity contribution is 0.0850. The summed E-state index contributed by atoms with van der Waals surface area (Å²) in [6.07, 6.45) is 0.764. The minimum Gasteiger partial charge on any atom is -0.376 e. The molecule has 0 radical (unpaired) electrons. The van der Waals surface area contributed by atoms with Gasteiger partial charge in [0.2, 0.25) is 5.44 Å². The van der Waals surface area contributed by atoms with Gasteiger partial charge >= 0.3 is 0 Å². The van der Waals surface area contributed by atoms with E-state index in [2.05, 4.69) is 5.16 Å².